The van der Waals surface area contributed by atoms with Crippen LogP contribution in [0, 0.1) is 5.92 Å². The molecule has 0 saturated heterocycles. The van der Waals surface area contributed by atoms with Crippen molar-refractivity contribution in [2.75, 3.05) is 32.2 Å². The fourth-order valence-corrected chi connectivity index (χ4v) is 1.33. The zero-order valence-corrected chi connectivity index (χ0v) is 11.7. The normalized spacial score (nSPS) is 10.7. The zero-order chi connectivity index (χ0) is 13.4. The first kappa shape index (κ1) is 14.7. The van der Waals surface area contributed by atoms with Crippen LogP contribution in [-0.2, 0) is 11.2 Å². The summed E-state index contributed by atoms with van der Waals surface area (Å²) in [6, 6.07) is 1.83. The number of aromatic nitrogens is 2. The maximum atomic E-state index is 5.52. The number of methoxy groups -OCH3 is 1. The van der Waals surface area contributed by atoms with Crippen LogP contribution < -0.4 is 10.1 Å². The molecule has 0 spiro atoms. The summed E-state index contributed by atoms with van der Waals surface area (Å²) in [4.78, 5) is 8.74. The van der Waals surface area contributed by atoms with Crippen LogP contribution in [0.5, 0.6) is 5.88 Å². The minimum absolute atomic E-state index is 0.500. The Morgan fingerprint density at radius 3 is 2.67 bits per heavy atom. The monoisotopic (exact) mass is 253 g/mol. The second-order valence-electron chi connectivity index (χ2n) is 4.48. The Balaban J connectivity index is 2.67. The van der Waals surface area contributed by atoms with Gasteiger partial charge in [-0.3, -0.25) is 0 Å². The third-order valence-electron chi connectivity index (χ3n) is 2.29. The first-order chi connectivity index (χ1) is 8.65. The molecule has 0 aliphatic rings. The van der Waals surface area contributed by atoms with E-state index in [1.807, 2.05) is 13.0 Å². The van der Waals surface area contributed by atoms with Crippen LogP contribution in [0.15, 0.2) is 6.07 Å². The molecular formula is C13H23N3O2. The molecule has 18 heavy (non-hydrogen) atoms. The van der Waals surface area contributed by atoms with Gasteiger partial charge in [0.05, 0.1) is 6.61 Å². The number of nitrogens with zero attached hydrogens (tertiary/aromatic N) is 2. The van der Waals surface area contributed by atoms with E-state index in [2.05, 4.69) is 29.1 Å². The SMILES string of the molecule is CCc1nc(NCC(C)C)cc(OCCOC)n1. The predicted molar refractivity (Wildman–Crippen MR) is 72.1 cm³/mol. The first-order valence-corrected chi connectivity index (χ1v) is 6.39. The summed E-state index contributed by atoms with van der Waals surface area (Å²) in [6.07, 6.45) is 0.790. The molecule has 1 heterocycles. The molecule has 0 amide bonds. The van der Waals surface area contributed by atoms with Crippen LogP contribution in [0.4, 0.5) is 5.82 Å². The van der Waals surface area contributed by atoms with Crippen molar-refractivity contribution in [3.05, 3.63) is 11.9 Å². The molecule has 0 unspecified atom stereocenters. The highest BCUT2D eigenvalue weighted by atomic mass is 16.5. The van der Waals surface area contributed by atoms with Crippen LogP contribution in [0.3, 0.4) is 0 Å². The van der Waals surface area contributed by atoms with Crippen LogP contribution in [-0.4, -0.2) is 36.8 Å². The Bertz CT molecular complexity index is 356. The molecular weight excluding hydrogens is 230 g/mol. The van der Waals surface area contributed by atoms with Crippen molar-refractivity contribution >= 4 is 5.82 Å². The summed E-state index contributed by atoms with van der Waals surface area (Å²) in [6.45, 7) is 8.29. The van der Waals surface area contributed by atoms with E-state index in [0.29, 0.717) is 25.0 Å². The molecule has 0 aliphatic heterocycles. The molecule has 0 atom stereocenters. The second kappa shape index (κ2) is 7.87. The number of aryl methyl sites for hydroxylation is 1. The van der Waals surface area contributed by atoms with Gasteiger partial charge in [0.15, 0.2) is 0 Å². The third kappa shape index (κ3) is 5.31. The van der Waals surface area contributed by atoms with Crippen LogP contribution >= 0.6 is 0 Å². The third-order valence-corrected chi connectivity index (χ3v) is 2.29. The second-order valence-corrected chi connectivity index (χ2v) is 4.48. The summed E-state index contributed by atoms with van der Waals surface area (Å²) >= 11 is 0. The molecule has 1 aromatic heterocycles. The van der Waals surface area contributed by atoms with Gasteiger partial charge < -0.3 is 14.8 Å². The number of anilines is 1. The fraction of sp³-hybridized carbons (Fsp3) is 0.692. The van der Waals surface area contributed by atoms with Gasteiger partial charge in [0.2, 0.25) is 5.88 Å². The van der Waals surface area contributed by atoms with Crippen LogP contribution in [0.25, 0.3) is 0 Å². The lowest BCUT2D eigenvalue weighted by Crippen LogP contribution is -2.12. The van der Waals surface area contributed by atoms with Gasteiger partial charge in [-0.15, -0.1) is 0 Å². The summed E-state index contributed by atoms with van der Waals surface area (Å²) in [5.74, 6) is 2.78. The van der Waals surface area contributed by atoms with Gasteiger partial charge in [-0.05, 0) is 5.92 Å². The molecule has 1 aromatic rings. The van der Waals surface area contributed by atoms with Gasteiger partial charge in [0, 0.05) is 26.1 Å². The van der Waals surface area contributed by atoms with Gasteiger partial charge in [-0.2, -0.15) is 4.98 Å². The predicted octanol–water partition coefficient (Wildman–Crippen LogP) is 2.13. The fourth-order valence-electron chi connectivity index (χ4n) is 1.33. The summed E-state index contributed by atoms with van der Waals surface area (Å²) in [5.41, 5.74) is 0. The quantitative estimate of drug-likeness (QED) is 0.719. The molecule has 0 aromatic carbocycles. The smallest absolute Gasteiger partial charge is 0.218 e. The Morgan fingerprint density at radius 2 is 2.06 bits per heavy atom. The van der Waals surface area contributed by atoms with Crippen LogP contribution in [0.1, 0.15) is 26.6 Å². The average Bonchev–Trinajstić information content (AvgIpc) is 2.36. The molecule has 0 fully saturated rings. The van der Waals surface area contributed by atoms with E-state index < -0.39 is 0 Å². The van der Waals surface area contributed by atoms with Gasteiger partial charge >= 0.3 is 0 Å². The van der Waals surface area contributed by atoms with Gasteiger partial charge in [-0.1, -0.05) is 20.8 Å². The maximum Gasteiger partial charge on any atom is 0.218 e. The highest BCUT2D eigenvalue weighted by Gasteiger charge is 2.05. The molecule has 0 bridgehead atoms. The van der Waals surface area contributed by atoms with Crippen molar-refractivity contribution in [2.45, 2.75) is 27.2 Å². The van der Waals surface area contributed by atoms with Gasteiger partial charge in [-0.25, -0.2) is 4.98 Å². The number of hydrogen-bond donors (Lipinski definition) is 1. The standard InChI is InChI=1S/C13H23N3O2/c1-5-11-15-12(14-9-10(2)3)8-13(16-11)18-7-6-17-4/h8,10H,5-7,9H2,1-4H3,(H,14,15,16). The summed E-state index contributed by atoms with van der Waals surface area (Å²) in [5, 5.41) is 3.29. The Labute approximate surface area is 109 Å². The maximum absolute atomic E-state index is 5.52. The Hall–Kier alpha value is -1.36. The topological polar surface area (TPSA) is 56.3 Å². The van der Waals surface area contributed by atoms with Crippen molar-refractivity contribution in [2.24, 2.45) is 5.92 Å². The molecule has 0 aliphatic carbocycles. The van der Waals surface area contributed by atoms with Crippen molar-refractivity contribution in [3.8, 4) is 5.88 Å². The molecule has 0 radical (unpaired) electrons. The van der Waals surface area contributed by atoms with Crippen molar-refractivity contribution in [1.29, 1.82) is 0 Å². The van der Waals surface area contributed by atoms with E-state index in [0.717, 1.165) is 24.6 Å². The average molecular weight is 253 g/mol. The highest BCUT2D eigenvalue weighted by Crippen LogP contribution is 2.14. The number of ether oxygens (including phenoxy) is 2. The molecule has 0 saturated carbocycles. The minimum atomic E-state index is 0.500. The van der Waals surface area contributed by atoms with E-state index in [1.165, 1.54) is 0 Å². The lowest BCUT2D eigenvalue weighted by molar-refractivity contribution is 0.143. The largest absolute Gasteiger partial charge is 0.475 e. The summed E-state index contributed by atoms with van der Waals surface area (Å²) < 4.78 is 10.5. The Kier molecular flexibility index (Phi) is 6.43. The summed E-state index contributed by atoms with van der Waals surface area (Å²) in [7, 11) is 1.65. The molecule has 5 heteroatoms. The van der Waals surface area contributed by atoms with Crippen molar-refractivity contribution < 1.29 is 9.47 Å². The minimum Gasteiger partial charge on any atom is -0.475 e. The first-order valence-electron chi connectivity index (χ1n) is 6.39. The molecule has 1 rings (SSSR count). The lowest BCUT2D eigenvalue weighted by Gasteiger charge is -2.11. The van der Waals surface area contributed by atoms with E-state index in [4.69, 9.17) is 9.47 Å². The lowest BCUT2D eigenvalue weighted by atomic mass is 10.2. The molecule has 1 N–H and O–H groups in total. The van der Waals surface area contributed by atoms with E-state index in [1.54, 1.807) is 7.11 Å². The number of hydrogen-bond acceptors (Lipinski definition) is 5. The van der Waals surface area contributed by atoms with Gasteiger partial charge in [0.1, 0.15) is 18.2 Å². The van der Waals surface area contributed by atoms with E-state index >= 15 is 0 Å². The highest BCUT2D eigenvalue weighted by molar-refractivity contribution is 5.38. The number of nitrogens with one attached hydrogen (secondary N) is 1. The zero-order valence-electron chi connectivity index (χ0n) is 11.7. The van der Waals surface area contributed by atoms with Crippen molar-refractivity contribution in [1.82, 2.24) is 9.97 Å². The van der Waals surface area contributed by atoms with E-state index in [-0.39, 0.29) is 0 Å². The Morgan fingerprint density at radius 1 is 1.28 bits per heavy atom. The van der Waals surface area contributed by atoms with E-state index in [9.17, 15) is 0 Å². The van der Waals surface area contributed by atoms with Crippen LogP contribution in [0.2, 0.25) is 0 Å². The van der Waals surface area contributed by atoms with Crippen molar-refractivity contribution in [3.63, 3.8) is 0 Å². The molecule has 102 valence electrons. The van der Waals surface area contributed by atoms with Gasteiger partial charge in [0.25, 0.3) is 0 Å². The number of rotatable bonds is 8. The molecule has 5 nitrogen and oxygen atoms in total.